The topological polar surface area (TPSA) is 99.7 Å². The molecule has 3 rings (SSSR count). The Hall–Kier alpha value is -2.94. The fourth-order valence-corrected chi connectivity index (χ4v) is 3.72. The molecule has 0 aliphatic carbocycles. The van der Waals surface area contributed by atoms with Gasteiger partial charge in [-0.2, -0.15) is 0 Å². The minimum Gasteiger partial charge on any atom is -0.335 e. The van der Waals surface area contributed by atoms with Crippen LogP contribution in [0.4, 0.5) is 4.79 Å². The molecule has 2 aromatic rings. The number of amides is 3. The van der Waals surface area contributed by atoms with E-state index in [-0.39, 0.29) is 23.9 Å². The number of hydrogen-bond donors (Lipinski definition) is 1. The Labute approximate surface area is 157 Å². The maximum atomic E-state index is 12.4. The average Bonchev–Trinajstić information content (AvgIpc) is 2.68. The van der Waals surface area contributed by atoms with Crippen LogP contribution in [0.15, 0.2) is 53.7 Å². The van der Waals surface area contributed by atoms with Gasteiger partial charge in [0.25, 0.3) is 15.9 Å². The van der Waals surface area contributed by atoms with E-state index in [9.17, 15) is 18.0 Å². The zero-order valence-electron chi connectivity index (χ0n) is 14.8. The Morgan fingerprint density at radius 3 is 2.07 bits per heavy atom. The van der Waals surface area contributed by atoms with Crippen molar-refractivity contribution < 1.29 is 18.0 Å². The number of nitrogens with zero attached hydrogens (tertiary/aromatic N) is 3. The first-order valence-corrected chi connectivity index (χ1v) is 9.93. The number of nitrogens with one attached hydrogen (secondary N) is 1. The Balaban J connectivity index is 1.58. The van der Waals surface area contributed by atoms with Crippen molar-refractivity contribution in [3.05, 3.63) is 59.9 Å². The van der Waals surface area contributed by atoms with Crippen LogP contribution in [-0.2, 0) is 10.0 Å². The Morgan fingerprint density at radius 1 is 0.926 bits per heavy atom. The van der Waals surface area contributed by atoms with Gasteiger partial charge in [0.15, 0.2) is 0 Å². The van der Waals surface area contributed by atoms with Gasteiger partial charge in [0.05, 0.1) is 4.90 Å². The molecule has 2 heterocycles. The van der Waals surface area contributed by atoms with Crippen LogP contribution in [0.5, 0.6) is 0 Å². The highest BCUT2D eigenvalue weighted by Crippen LogP contribution is 2.12. The van der Waals surface area contributed by atoms with Crippen LogP contribution in [0, 0.1) is 6.92 Å². The normalized spacial score (nSPS) is 14.7. The smallest absolute Gasteiger partial charge is 0.331 e. The molecule has 1 saturated heterocycles. The number of rotatable bonds is 3. The Morgan fingerprint density at radius 2 is 1.48 bits per heavy atom. The predicted molar refractivity (Wildman–Crippen MR) is 98.6 cm³/mol. The molecule has 1 aromatic carbocycles. The van der Waals surface area contributed by atoms with Gasteiger partial charge >= 0.3 is 6.03 Å². The first kappa shape index (κ1) is 18.8. The molecule has 3 amide bonds. The molecular weight excluding hydrogens is 368 g/mol. The quantitative estimate of drug-likeness (QED) is 0.853. The first-order valence-electron chi connectivity index (χ1n) is 8.44. The predicted octanol–water partition coefficient (Wildman–Crippen LogP) is 1.25. The highest BCUT2D eigenvalue weighted by atomic mass is 32.2. The van der Waals surface area contributed by atoms with Gasteiger partial charge in [-0.1, -0.05) is 17.7 Å². The molecule has 1 aliphatic heterocycles. The van der Waals surface area contributed by atoms with Crippen LogP contribution >= 0.6 is 0 Å². The van der Waals surface area contributed by atoms with E-state index in [0.29, 0.717) is 18.7 Å². The van der Waals surface area contributed by atoms with Gasteiger partial charge in [0, 0.05) is 44.1 Å². The summed E-state index contributed by atoms with van der Waals surface area (Å²) in [4.78, 5) is 31.7. The van der Waals surface area contributed by atoms with Crippen molar-refractivity contribution in [3.8, 4) is 0 Å². The summed E-state index contributed by atoms with van der Waals surface area (Å²) in [5.74, 6) is -0.135. The van der Waals surface area contributed by atoms with Gasteiger partial charge < -0.3 is 9.80 Å². The van der Waals surface area contributed by atoms with Crippen LogP contribution < -0.4 is 4.72 Å². The second-order valence-electron chi connectivity index (χ2n) is 6.24. The monoisotopic (exact) mass is 388 g/mol. The van der Waals surface area contributed by atoms with Crippen molar-refractivity contribution in [1.29, 1.82) is 0 Å². The number of urea groups is 1. The number of carbonyl (C=O) groups excluding carboxylic acids is 2. The van der Waals surface area contributed by atoms with E-state index in [4.69, 9.17) is 0 Å². The summed E-state index contributed by atoms with van der Waals surface area (Å²) in [5, 5.41) is 0. The lowest BCUT2D eigenvalue weighted by atomic mass is 10.2. The maximum absolute atomic E-state index is 12.4. The molecule has 0 atom stereocenters. The third kappa shape index (κ3) is 4.43. The molecule has 9 heteroatoms. The van der Waals surface area contributed by atoms with Gasteiger partial charge in [-0.3, -0.25) is 9.78 Å². The van der Waals surface area contributed by atoms with Crippen molar-refractivity contribution in [2.24, 2.45) is 0 Å². The van der Waals surface area contributed by atoms with E-state index in [1.807, 2.05) is 6.92 Å². The number of pyridine rings is 1. The lowest BCUT2D eigenvalue weighted by molar-refractivity contribution is 0.0667. The summed E-state index contributed by atoms with van der Waals surface area (Å²) in [6.45, 7) is 3.03. The number of aromatic nitrogens is 1. The van der Waals surface area contributed by atoms with Crippen LogP contribution in [0.1, 0.15) is 15.9 Å². The minimum atomic E-state index is -3.93. The first-order chi connectivity index (χ1) is 12.9. The van der Waals surface area contributed by atoms with Crippen LogP contribution in [-0.4, -0.2) is 61.3 Å². The number of sulfonamides is 1. The fraction of sp³-hybridized carbons (Fsp3) is 0.278. The zero-order valence-corrected chi connectivity index (χ0v) is 15.6. The van der Waals surface area contributed by atoms with Crippen LogP contribution in [0.25, 0.3) is 0 Å². The molecule has 1 aromatic heterocycles. The summed E-state index contributed by atoms with van der Waals surface area (Å²) in [6.07, 6.45) is 3.10. The van der Waals surface area contributed by atoms with E-state index in [1.54, 1.807) is 41.6 Å². The molecule has 1 N–H and O–H groups in total. The van der Waals surface area contributed by atoms with E-state index in [2.05, 4.69) is 9.71 Å². The summed E-state index contributed by atoms with van der Waals surface area (Å²) in [6, 6.07) is 8.83. The average molecular weight is 388 g/mol. The van der Waals surface area contributed by atoms with Crippen molar-refractivity contribution in [2.45, 2.75) is 11.8 Å². The van der Waals surface area contributed by atoms with Gasteiger partial charge in [-0.15, -0.1) is 0 Å². The molecule has 0 spiro atoms. The summed E-state index contributed by atoms with van der Waals surface area (Å²) < 4.78 is 26.7. The molecule has 8 nitrogen and oxygen atoms in total. The Bertz CT molecular complexity index is 922. The summed E-state index contributed by atoms with van der Waals surface area (Å²) in [7, 11) is -3.93. The molecule has 1 aliphatic rings. The number of benzene rings is 1. The second kappa shape index (κ2) is 7.75. The SMILES string of the molecule is Cc1ccc(S(=O)(=O)NC(=O)N2CCN(C(=O)c3ccncc3)CC2)cc1. The molecule has 27 heavy (non-hydrogen) atoms. The third-order valence-electron chi connectivity index (χ3n) is 4.33. The highest BCUT2D eigenvalue weighted by molar-refractivity contribution is 7.90. The minimum absolute atomic E-state index is 0.0351. The Kier molecular flexibility index (Phi) is 5.41. The number of hydrogen-bond acceptors (Lipinski definition) is 5. The van der Waals surface area contributed by atoms with Crippen molar-refractivity contribution in [2.75, 3.05) is 26.2 Å². The van der Waals surface area contributed by atoms with E-state index in [0.717, 1.165) is 5.56 Å². The standard InChI is InChI=1S/C18H20N4O4S/c1-14-2-4-16(5-3-14)27(25,26)20-18(24)22-12-10-21(11-13-22)17(23)15-6-8-19-9-7-15/h2-9H,10-13H2,1H3,(H,20,24). The number of piperazine rings is 1. The van der Waals surface area contributed by atoms with Gasteiger partial charge in [0.1, 0.15) is 0 Å². The lowest BCUT2D eigenvalue weighted by Crippen LogP contribution is -2.53. The van der Waals surface area contributed by atoms with Gasteiger partial charge in [-0.05, 0) is 31.2 Å². The largest absolute Gasteiger partial charge is 0.335 e. The van der Waals surface area contributed by atoms with Crippen LogP contribution in [0.3, 0.4) is 0 Å². The fourth-order valence-electron chi connectivity index (χ4n) is 2.75. The van der Waals surface area contributed by atoms with Crippen LogP contribution in [0.2, 0.25) is 0 Å². The summed E-state index contributed by atoms with van der Waals surface area (Å²) >= 11 is 0. The highest BCUT2D eigenvalue weighted by Gasteiger charge is 2.27. The van der Waals surface area contributed by atoms with Gasteiger partial charge in [0.2, 0.25) is 0 Å². The second-order valence-corrected chi connectivity index (χ2v) is 7.92. The number of carbonyl (C=O) groups is 2. The molecule has 142 valence electrons. The maximum Gasteiger partial charge on any atom is 0.331 e. The van der Waals surface area contributed by atoms with Crippen molar-refractivity contribution >= 4 is 22.0 Å². The molecule has 0 bridgehead atoms. The summed E-state index contributed by atoms with van der Waals surface area (Å²) in [5.41, 5.74) is 1.46. The molecule has 1 fully saturated rings. The molecule has 0 unspecified atom stereocenters. The van der Waals surface area contributed by atoms with Gasteiger partial charge in [-0.25, -0.2) is 17.9 Å². The molecule has 0 saturated carbocycles. The third-order valence-corrected chi connectivity index (χ3v) is 5.67. The zero-order chi connectivity index (χ0) is 19.4. The van der Waals surface area contributed by atoms with Crippen molar-refractivity contribution in [3.63, 3.8) is 0 Å². The lowest BCUT2D eigenvalue weighted by Gasteiger charge is -2.34. The van der Waals surface area contributed by atoms with E-state index in [1.165, 1.54) is 17.0 Å². The molecular formula is C18H20N4O4S. The molecule has 0 radical (unpaired) electrons. The number of aryl methyl sites for hydroxylation is 1. The van der Waals surface area contributed by atoms with E-state index < -0.39 is 16.1 Å². The van der Waals surface area contributed by atoms with E-state index >= 15 is 0 Å². The van der Waals surface area contributed by atoms with Crippen molar-refractivity contribution in [1.82, 2.24) is 19.5 Å².